The highest BCUT2D eigenvalue weighted by molar-refractivity contribution is 5.95. The number of carbonyl (C=O) groups excluding carboxylic acids is 1. The fourth-order valence-corrected chi connectivity index (χ4v) is 3.35. The molecule has 2 aromatic carbocycles. The van der Waals surface area contributed by atoms with Crippen LogP contribution in [0.5, 0.6) is 5.75 Å². The number of carbonyl (C=O) groups is 1. The van der Waals surface area contributed by atoms with Crippen LogP contribution in [0.3, 0.4) is 0 Å². The molecule has 4 nitrogen and oxygen atoms in total. The lowest BCUT2D eigenvalue weighted by atomic mass is 9.90. The lowest BCUT2D eigenvalue weighted by Crippen LogP contribution is -2.65. The van der Waals surface area contributed by atoms with E-state index in [1.54, 1.807) is 6.92 Å². The number of hydrogen-bond donors (Lipinski definition) is 1. The summed E-state index contributed by atoms with van der Waals surface area (Å²) >= 11 is 0. The summed E-state index contributed by atoms with van der Waals surface area (Å²) in [6.07, 6.45) is 0.465. The zero-order valence-corrected chi connectivity index (χ0v) is 12.3. The molecular weight excluding hydrogens is 302 g/mol. The average molecular weight is 316 g/mol. The molecule has 0 aromatic heterocycles. The van der Waals surface area contributed by atoms with Crippen LogP contribution in [-0.2, 0) is 0 Å². The van der Waals surface area contributed by atoms with Crippen molar-refractivity contribution in [2.45, 2.75) is 25.1 Å². The van der Waals surface area contributed by atoms with Crippen molar-refractivity contribution in [3.8, 4) is 5.75 Å². The molecule has 0 unspecified atom stereocenters. The molecule has 2 aromatic rings. The predicted octanol–water partition coefficient (Wildman–Crippen LogP) is 3.73. The van der Waals surface area contributed by atoms with Gasteiger partial charge in [-0.2, -0.15) is 0 Å². The smallest absolute Gasteiger partial charge is 0.325 e. The first-order valence-corrected chi connectivity index (χ1v) is 7.32. The molecule has 2 aliphatic heterocycles. The van der Waals surface area contributed by atoms with Gasteiger partial charge in [0.1, 0.15) is 17.4 Å². The molecule has 6 heteroatoms. The number of nitrogens with zero attached hydrogens (tertiary/aromatic N) is 1. The van der Waals surface area contributed by atoms with Crippen LogP contribution in [0.15, 0.2) is 42.5 Å². The minimum Gasteiger partial charge on any atom is -0.467 e. The molecular formula is C17H14F2N2O2. The Hall–Kier alpha value is -2.63. The molecule has 1 fully saturated rings. The SMILES string of the molecule is C[C@@]12C[C@H](NC(=O)N1c1ccc(F)cc1F)c1ccccc1O2. The summed E-state index contributed by atoms with van der Waals surface area (Å²) in [5.41, 5.74) is -0.151. The molecule has 2 amide bonds. The molecule has 1 saturated heterocycles. The second-order valence-corrected chi connectivity index (χ2v) is 5.95. The van der Waals surface area contributed by atoms with Gasteiger partial charge in [0.15, 0.2) is 5.72 Å². The lowest BCUT2D eigenvalue weighted by Gasteiger charge is -2.50. The molecule has 23 heavy (non-hydrogen) atoms. The van der Waals surface area contributed by atoms with E-state index in [9.17, 15) is 13.6 Å². The number of rotatable bonds is 1. The molecule has 2 atom stereocenters. The molecule has 1 N–H and O–H groups in total. The summed E-state index contributed by atoms with van der Waals surface area (Å²) in [5, 5.41) is 2.87. The van der Waals surface area contributed by atoms with Crippen LogP contribution in [-0.4, -0.2) is 11.8 Å². The van der Waals surface area contributed by atoms with Gasteiger partial charge in [0.25, 0.3) is 0 Å². The van der Waals surface area contributed by atoms with Gasteiger partial charge in [0, 0.05) is 18.1 Å². The molecule has 2 bridgehead atoms. The topological polar surface area (TPSA) is 41.6 Å². The number of para-hydroxylation sites is 1. The number of fused-ring (bicyclic) bond motifs is 4. The van der Waals surface area contributed by atoms with Gasteiger partial charge < -0.3 is 10.1 Å². The second kappa shape index (κ2) is 4.68. The fourth-order valence-electron chi connectivity index (χ4n) is 3.35. The third kappa shape index (κ3) is 2.05. The number of nitrogens with one attached hydrogen (secondary N) is 1. The highest BCUT2D eigenvalue weighted by Gasteiger charge is 2.50. The van der Waals surface area contributed by atoms with Crippen molar-refractivity contribution in [1.29, 1.82) is 0 Å². The molecule has 2 heterocycles. The molecule has 0 spiro atoms. The van der Waals surface area contributed by atoms with E-state index in [-0.39, 0.29) is 11.7 Å². The number of anilines is 1. The third-order valence-electron chi connectivity index (χ3n) is 4.33. The van der Waals surface area contributed by atoms with Gasteiger partial charge in [-0.15, -0.1) is 0 Å². The minimum atomic E-state index is -1.04. The molecule has 2 aliphatic rings. The number of urea groups is 1. The molecule has 0 aliphatic carbocycles. The number of benzene rings is 2. The molecule has 118 valence electrons. The average Bonchev–Trinajstić information content (AvgIpc) is 2.48. The van der Waals surface area contributed by atoms with E-state index in [4.69, 9.17) is 4.74 Å². The van der Waals surface area contributed by atoms with E-state index in [0.717, 1.165) is 17.7 Å². The number of amides is 2. The molecule has 4 rings (SSSR count). The van der Waals surface area contributed by atoms with Gasteiger partial charge in [0.2, 0.25) is 0 Å². The summed E-state index contributed by atoms with van der Waals surface area (Å²) < 4.78 is 33.4. The van der Waals surface area contributed by atoms with E-state index >= 15 is 0 Å². The standard InChI is InChI=1S/C17H14F2N2O2/c1-17-9-13(11-4-2-3-5-15(11)23-17)20-16(22)21(17)14-7-6-10(18)8-12(14)19/h2-8,13H,9H2,1H3,(H,20,22)/t13-,17+/m0/s1. The Labute approximate surface area is 131 Å². The highest BCUT2D eigenvalue weighted by atomic mass is 19.1. The Morgan fingerprint density at radius 1 is 1.26 bits per heavy atom. The number of halogens is 2. The van der Waals surface area contributed by atoms with Crippen LogP contribution < -0.4 is 15.0 Å². The van der Waals surface area contributed by atoms with E-state index < -0.39 is 23.4 Å². The van der Waals surface area contributed by atoms with Gasteiger partial charge in [-0.25, -0.2) is 13.6 Å². The van der Waals surface area contributed by atoms with Crippen molar-refractivity contribution in [2.75, 3.05) is 4.90 Å². The zero-order valence-electron chi connectivity index (χ0n) is 12.3. The number of ether oxygens (including phenoxy) is 1. The van der Waals surface area contributed by atoms with Crippen molar-refractivity contribution in [2.24, 2.45) is 0 Å². The van der Waals surface area contributed by atoms with E-state index in [2.05, 4.69) is 5.32 Å². The van der Waals surface area contributed by atoms with Gasteiger partial charge in [-0.05, 0) is 25.1 Å². The van der Waals surface area contributed by atoms with E-state index in [0.29, 0.717) is 12.2 Å². The van der Waals surface area contributed by atoms with Crippen LogP contribution in [0.4, 0.5) is 19.3 Å². The summed E-state index contributed by atoms with van der Waals surface area (Å²) in [6, 6.07) is 9.90. The van der Waals surface area contributed by atoms with Gasteiger partial charge in [-0.1, -0.05) is 18.2 Å². The first kappa shape index (κ1) is 14.0. The molecule has 0 saturated carbocycles. The maximum Gasteiger partial charge on any atom is 0.325 e. The van der Waals surface area contributed by atoms with Crippen molar-refractivity contribution in [3.05, 3.63) is 59.7 Å². The fraction of sp³-hybridized carbons (Fsp3) is 0.235. The van der Waals surface area contributed by atoms with Crippen molar-refractivity contribution in [3.63, 3.8) is 0 Å². The van der Waals surface area contributed by atoms with Crippen LogP contribution in [0.2, 0.25) is 0 Å². The maximum absolute atomic E-state index is 14.2. The quantitative estimate of drug-likeness (QED) is 0.871. The summed E-state index contributed by atoms with van der Waals surface area (Å²) in [7, 11) is 0. The Bertz CT molecular complexity index is 811. The van der Waals surface area contributed by atoms with Crippen LogP contribution >= 0.6 is 0 Å². The summed E-state index contributed by atoms with van der Waals surface area (Å²) in [4.78, 5) is 13.8. The summed E-state index contributed by atoms with van der Waals surface area (Å²) in [6.45, 7) is 1.73. The zero-order chi connectivity index (χ0) is 16.2. The van der Waals surface area contributed by atoms with Crippen LogP contribution in [0.1, 0.15) is 24.9 Å². The molecule has 0 radical (unpaired) electrons. The van der Waals surface area contributed by atoms with E-state index in [1.807, 2.05) is 24.3 Å². The van der Waals surface area contributed by atoms with Crippen molar-refractivity contribution < 1.29 is 18.3 Å². The van der Waals surface area contributed by atoms with Crippen molar-refractivity contribution in [1.82, 2.24) is 5.32 Å². The number of hydrogen-bond acceptors (Lipinski definition) is 2. The van der Waals surface area contributed by atoms with E-state index in [1.165, 1.54) is 11.0 Å². The van der Waals surface area contributed by atoms with Crippen LogP contribution in [0, 0.1) is 11.6 Å². The van der Waals surface area contributed by atoms with Gasteiger partial charge in [0.05, 0.1) is 11.7 Å². The first-order chi connectivity index (χ1) is 11.0. The van der Waals surface area contributed by atoms with Gasteiger partial charge >= 0.3 is 6.03 Å². The third-order valence-corrected chi connectivity index (χ3v) is 4.33. The predicted molar refractivity (Wildman–Crippen MR) is 80.2 cm³/mol. The first-order valence-electron chi connectivity index (χ1n) is 7.32. The Balaban J connectivity index is 1.83. The Morgan fingerprint density at radius 3 is 2.83 bits per heavy atom. The Kier molecular flexibility index (Phi) is 2.85. The maximum atomic E-state index is 14.2. The lowest BCUT2D eigenvalue weighted by molar-refractivity contribution is 0.0373. The second-order valence-electron chi connectivity index (χ2n) is 5.95. The van der Waals surface area contributed by atoms with Crippen molar-refractivity contribution >= 4 is 11.7 Å². The Morgan fingerprint density at radius 2 is 2.04 bits per heavy atom. The monoisotopic (exact) mass is 316 g/mol. The van der Waals surface area contributed by atoms with Crippen LogP contribution in [0.25, 0.3) is 0 Å². The largest absolute Gasteiger partial charge is 0.467 e. The normalized spacial score (nSPS) is 25.4. The summed E-state index contributed by atoms with van der Waals surface area (Å²) in [5.74, 6) is -0.845. The highest BCUT2D eigenvalue weighted by Crippen LogP contribution is 2.45. The van der Waals surface area contributed by atoms with Gasteiger partial charge in [-0.3, -0.25) is 4.90 Å². The minimum absolute atomic E-state index is 0.00997.